The minimum atomic E-state index is -0.290. The van der Waals surface area contributed by atoms with Crippen LogP contribution in [0.5, 0.6) is 0 Å². The van der Waals surface area contributed by atoms with Crippen LogP contribution in [0.3, 0.4) is 0 Å². The lowest BCUT2D eigenvalue weighted by Gasteiger charge is -2.11. The number of pyridine rings is 1. The molecule has 3 nitrogen and oxygen atoms in total. The number of rotatable bonds is 4. The third-order valence-electron chi connectivity index (χ3n) is 1.99. The normalized spacial score (nSPS) is 12.5. The lowest BCUT2D eigenvalue weighted by Crippen LogP contribution is -2.19. The summed E-state index contributed by atoms with van der Waals surface area (Å²) < 4.78 is 0. The van der Waals surface area contributed by atoms with Crippen molar-refractivity contribution in [2.45, 2.75) is 26.4 Å². The van der Waals surface area contributed by atoms with Crippen molar-refractivity contribution in [1.82, 2.24) is 4.98 Å². The monoisotopic (exact) mass is 180 g/mol. The van der Waals surface area contributed by atoms with Gasteiger partial charge in [-0.25, -0.2) is 4.98 Å². The van der Waals surface area contributed by atoms with E-state index < -0.39 is 0 Å². The van der Waals surface area contributed by atoms with E-state index in [0.717, 1.165) is 17.8 Å². The van der Waals surface area contributed by atoms with Crippen LogP contribution in [0, 0.1) is 6.92 Å². The largest absolute Gasteiger partial charge is 0.391 e. The summed E-state index contributed by atoms with van der Waals surface area (Å²) in [4.78, 5) is 4.16. The highest BCUT2D eigenvalue weighted by molar-refractivity contribution is 5.42. The minimum Gasteiger partial charge on any atom is -0.391 e. The van der Waals surface area contributed by atoms with Crippen LogP contribution in [-0.4, -0.2) is 22.7 Å². The molecule has 1 aromatic rings. The van der Waals surface area contributed by atoms with Crippen molar-refractivity contribution < 1.29 is 5.11 Å². The summed E-state index contributed by atoms with van der Waals surface area (Å²) >= 11 is 0. The van der Waals surface area contributed by atoms with Gasteiger partial charge >= 0.3 is 0 Å². The first-order valence-electron chi connectivity index (χ1n) is 4.57. The maximum Gasteiger partial charge on any atom is 0.128 e. The molecular formula is C10H16N2O. The number of nitrogens with zero attached hydrogens (tertiary/aromatic N) is 1. The molecule has 0 radical (unpaired) electrons. The lowest BCUT2D eigenvalue weighted by molar-refractivity contribution is 0.183. The van der Waals surface area contributed by atoms with E-state index in [0.29, 0.717) is 6.54 Å². The minimum absolute atomic E-state index is 0.290. The first-order valence-corrected chi connectivity index (χ1v) is 4.57. The number of aromatic nitrogens is 1. The van der Waals surface area contributed by atoms with Gasteiger partial charge in [0.2, 0.25) is 0 Å². The molecule has 2 N–H and O–H groups in total. The van der Waals surface area contributed by atoms with Gasteiger partial charge in [-0.05, 0) is 25.0 Å². The standard InChI is InChI=1S/C10H16N2O/c1-3-9(13)7-12-10-8(2)5-4-6-11-10/h4-6,9,13H,3,7H2,1-2H3,(H,11,12). The summed E-state index contributed by atoms with van der Waals surface area (Å²) in [6, 6.07) is 3.89. The number of aliphatic hydroxyl groups excluding tert-OH is 1. The fourth-order valence-electron chi connectivity index (χ4n) is 1.03. The van der Waals surface area contributed by atoms with Gasteiger partial charge in [0.15, 0.2) is 0 Å². The average molecular weight is 180 g/mol. The average Bonchev–Trinajstić information content (AvgIpc) is 2.16. The molecule has 0 spiro atoms. The Morgan fingerprint density at radius 2 is 2.38 bits per heavy atom. The zero-order valence-electron chi connectivity index (χ0n) is 8.12. The third kappa shape index (κ3) is 3.03. The molecule has 1 atom stereocenters. The summed E-state index contributed by atoms with van der Waals surface area (Å²) in [7, 11) is 0. The smallest absolute Gasteiger partial charge is 0.128 e. The van der Waals surface area contributed by atoms with Crippen LogP contribution in [0.1, 0.15) is 18.9 Å². The van der Waals surface area contributed by atoms with Crippen LogP contribution in [0.4, 0.5) is 5.82 Å². The molecule has 1 heterocycles. The second kappa shape index (κ2) is 4.82. The third-order valence-corrected chi connectivity index (χ3v) is 1.99. The van der Waals surface area contributed by atoms with Crippen LogP contribution in [0.2, 0.25) is 0 Å². The number of aliphatic hydroxyl groups is 1. The molecule has 72 valence electrons. The number of hydrogen-bond acceptors (Lipinski definition) is 3. The zero-order chi connectivity index (χ0) is 9.68. The summed E-state index contributed by atoms with van der Waals surface area (Å²) in [6.07, 6.45) is 2.22. The van der Waals surface area contributed by atoms with Gasteiger partial charge in [0.05, 0.1) is 6.10 Å². The van der Waals surface area contributed by atoms with Crippen LogP contribution in [0.25, 0.3) is 0 Å². The fraction of sp³-hybridized carbons (Fsp3) is 0.500. The van der Waals surface area contributed by atoms with Crippen molar-refractivity contribution in [2.24, 2.45) is 0 Å². The molecule has 0 amide bonds. The van der Waals surface area contributed by atoms with E-state index >= 15 is 0 Å². The number of hydrogen-bond donors (Lipinski definition) is 2. The SMILES string of the molecule is CCC(O)CNc1ncccc1C. The highest BCUT2D eigenvalue weighted by atomic mass is 16.3. The molecule has 1 unspecified atom stereocenters. The topological polar surface area (TPSA) is 45.1 Å². The highest BCUT2D eigenvalue weighted by Gasteiger charge is 2.01. The van der Waals surface area contributed by atoms with E-state index in [1.54, 1.807) is 6.20 Å². The van der Waals surface area contributed by atoms with E-state index in [-0.39, 0.29) is 6.10 Å². The molecule has 1 aromatic heterocycles. The van der Waals surface area contributed by atoms with Gasteiger partial charge in [-0.2, -0.15) is 0 Å². The summed E-state index contributed by atoms with van der Waals surface area (Å²) in [5, 5.41) is 12.4. The molecule has 0 aliphatic carbocycles. The summed E-state index contributed by atoms with van der Waals surface area (Å²) in [5.74, 6) is 0.856. The molecule has 0 aliphatic rings. The van der Waals surface area contributed by atoms with Gasteiger partial charge in [-0.1, -0.05) is 13.0 Å². The molecule has 1 rings (SSSR count). The Labute approximate surface area is 78.8 Å². The van der Waals surface area contributed by atoms with Crippen molar-refractivity contribution in [2.75, 3.05) is 11.9 Å². The maximum atomic E-state index is 9.32. The summed E-state index contributed by atoms with van der Waals surface area (Å²) in [5.41, 5.74) is 1.10. The van der Waals surface area contributed by atoms with Crippen molar-refractivity contribution in [3.8, 4) is 0 Å². The van der Waals surface area contributed by atoms with E-state index in [1.165, 1.54) is 0 Å². The molecule has 0 bridgehead atoms. The molecule has 3 heteroatoms. The summed E-state index contributed by atoms with van der Waals surface area (Å²) in [6.45, 7) is 4.51. The van der Waals surface area contributed by atoms with Gasteiger partial charge in [-0.3, -0.25) is 0 Å². The Morgan fingerprint density at radius 3 is 3.00 bits per heavy atom. The fourth-order valence-corrected chi connectivity index (χ4v) is 1.03. The highest BCUT2D eigenvalue weighted by Crippen LogP contribution is 2.08. The van der Waals surface area contributed by atoms with Crippen molar-refractivity contribution in [1.29, 1.82) is 0 Å². The Kier molecular flexibility index (Phi) is 3.71. The zero-order valence-corrected chi connectivity index (χ0v) is 8.12. The number of nitrogens with one attached hydrogen (secondary N) is 1. The molecule has 0 saturated carbocycles. The van der Waals surface area contributed by atoms with Crippen molar-refractivity contribution in [3.63, 3.8) is 0 Å². The molecule has 0 saturated heterocycles. The Morgan fingerprint density at radius 1 is 1.62 bits per heavy atom. The predicted octanol–water partition coefficient (Wildman–Crippen LogP) is 1.57. The van der Waals surface area contributed by atoms with Crippen LogP contribution < -0.4 is 5.32 Å². The Bertz CT molecular complexity index is 263. The van der Waals surface area contributed by atoms with Gasteiger partial charge in [0.1, 0.15) is 5.82 Å². The van der Waals surface area contributed by atoms with Gasteiger partial charge in [-0.15, -0.1) is 0 Å². The Hall–Kier alpha value is -1.09. The van der Waals surface area contributed by atoms with Crippen LogP contribution in [-0.2, 0) is 0 Å². The number of anilines is 1. The maximum absolute atomic E-state index is 9.32. The molecule has 0 aromatic carbocycles. The van der Waals surface area contributed by atoms with Gasteiger partial charge in [0, 0.05) is 12.7 Å². The van der Waals surface area contributed by atoms with Gasteiger partial charge in [0.25, 0.3) is 0 Å². The molecule has 13 heavy (non-hydrogen) atoms. The molecular weight excluding hydrogens is 164 g/mol. The first kappa shape index (κ1) is 9.99. The quantitative estimate of drug-likeness (QED) is 0.739. The van der Waals surface area contributed by atoms with Crippen LogP contribution >= 0.6 is 0 Å². The number of aryl methyl sites for hydroxylation is 1. The van der Waals surface area contributed by atoms with E-state index in [9.17, 15) is 5.11 Å². The lowest BCUT2D eigenvalue weighted by atomic mass is 10.2. The predicted molar refractivity (Wildman–Crippen MR) is 53.8 cm³/mol. The van der Waals surface area contributed by atoms with E-state index in [2.05, 4.69) is 10.3 Å². The Balaban J connectivity index is 2.50. The second-order valence-corrected chi connectivity index (χ2v) is 3.11. The van der Waals surface area contributed by atoms with E-state index in [4.69, 9.17) is 0 Å². The molecule has 0 fully saturated rings. The second-order valence-electron chi connectivity index (χ2n) is 3.11. The van der Waals surface area contributed by atoms with E-state index in [1.807, 2.05) is 26.0 Å². The van der Waals surface area contributed by atoms with Gasteiger partial charge < -0.3 is 10.4 Å². The van der Waals surface area contributed by atoms with Crippen LogP contribution in [0.15, 0.2) is 18.3 Å². The molecule has 0 aliphatic heterocycles. The van der Waals surface area contributed by atoms with Crippen molar-refractivity contribution >= 4 is 5.82 Å². The first-order chi connectivity index (χ1) is 6.24. The van der Waals surface area contributed by atoms with Crippen molar-refractivity contribution in [3.05, 3.63) is 23.9 Å².